The molecule has 4 aliphatic rings. The summed E-state index contributed by atoms with van der Waals surface area (Å²) in [7, 11) is 4.41. The number of benzene rings is 2. The minimum absolute atomic E-state index is 0.0675. The lowest BCUT2D eigenvalue weighted by Crippen LogP contribution is -2.56. The highest BCUT2D eigenvalue weighted by molar-refractivity contribution is 7.98. The van der Waals surface area contributed by atoms with Gasteiger partial charge in [0, 0.05) is 103 Å². The van der Waals surface area contributed by atoms with Gasteiger partial charge in [-0.1, -0.05) is 24.3 Å². The van der Waals surface area contributed by atoms with Crippen LogP contribution in [0.15, 0.2) is 47.6 Å². The quantitative estimate of drug-likeness (QED) is 0.161. The van der Waals surface area contributed by atoms with Crippen LogP contribution in [0.3, 0.4) is 0 Å². The molecule has 0 radical (unpaired) electrons. The molecule has 4 N–H and O–H groups in total. The van der Waals surface area contributed by atoms with Crippen LogP contribution in [0, 0.1) is 0 Å². The van der Waals surface area contributed by atoms with Crippen LogP contribution in [0.25, 0.3) is 21.8 Å². The van der Waals surface area contributed by atoms with E-state index in [1.807, 2.05) is 49.3 Å². The molecule has 280 valence electrons. The number of piperidine rings is 2. The summed E-state index contributed by atoms with van der Waals surface area (Å²) >= 11 is 1.81. The summed E-state index contributed by atoms with van der Waals surface area (Å²) in [6.07, 6.45) is 8.54. The van der Waals surface area contributed by atoms with E-state index in [0.717, 1.165) is 65.0 Å². The predicted octanol–water partition coefficient (Wildman–Crippen LogP) is 6.59. The number of rotatable bonds is 7. The van der Waals surface area contributed by atoms with Gasteiger partial charge < -0.3 is 40.2 Å². The molecule has 4 amide bonds. The second kappa shape index (κ2) is 15.4. The zero-order valence-corrected chi connectivity index (χ0v) is 32.9. The van der Waals surface area contributed by atoms with Gasteiger partial charge in [-0.2, -0.15) is 0 Å². The van der Waals surface area contributed by atoms with Crippen molar-refractivity contribution in [3.05, 3.63) is 64.8 Å². The first-order valence-electron chi connectivity index (χ1n) is 19.5. The standard InChI is InChI=1S/C21H30N4OS.C20H28N4O/c1-5-25(6-2)21(26)22-13-10-15-14-8-7-9-17-19(14)16(20(23-17)27-4)11-18(15)24(3)12-13;1-4-24(5-2)20(25)22-14-10-16-15-7-6-8-17-19(15)13(11-21-17)9-18(16)23(3)12-14/h7-9,13,15,18,23H,5-6,10-12H2,1-4H3,(H,22,26);6-8,11,14,16,18,21H,4-5,9-10,12H2,1-3H3,(H,22,25)/t13-,15-,18-;14-,16-,18-/m11/s1. The molecule has 6 atom stereocenters. The molecule has 8 rings (SSSR count). The van der Waals surface area contributed by atoms with Crippen LogP contribution in [0.4, 0.5) is 9.59 Å². The number of likely N-dealkylation sites (N-methyl/N-ethyl adjacent to an activating group) is 2. The van der Waals surface area contributed by atoms with Gasteiger partial charge in [0.1, 0.15) is 0 Å². The summed E-state index contributed by atoms with van der Waals surface area (Å²) in [4.78, 5) is 40.7. The molecule has 11 heteroatoms. The molecule has 2 aromatic heterocycles. The van der Waals surface area contributed by atoms with E-state index in [4.69, 9.17) is 0 Å². The molecule has 2 aliphatic heterocycles. The van der Waals surface area contributed by atoms with Crippen molar-refractivity contribution in [1.29, 1.82) is 0 Å². The first-order valence-corrected chi connectivity index (χ1v) is 20.7. The first kappa shape index (κ1) is 36.7. The van der Waals surface area contributed by atoms with Crippen LogP contribution in [-0.2, 0) is 12.8 Å². The number of hydrogen-bond acceptors (Lipinski definition) is 5. The Hall–Kier alpha value is -3.67. The molecule has 2 saturated heterocycles. The lowest BCUT2D eigenvalue weighted by molar-refractivity contribution is 0.123. The van der Waals surface area contributed by atoms with Crippen molar-refractivity contribution in [3.8, 4) is 0 Å². The van der Waals surface area contributed by atoms with Crippen LogP contribution in [0.5, 0.6) is 0 Å². The van der Waals surface area contributed by atoms with E-state index >= 15 is 0 Å². The van der Waals surface area contributed by atoms with E-state index in [1.165, 1.54) is 49.1 Å². The Labute approximate surface area is 313 Å². The lowest BCUT2D eigenvalue weighted by Gasteiger charge is -2.46. The summed E-state index contributed by atoms with van der Waals surface area (Å²) in [6.45, 7) is 13.0. The lowest BCUT2D eigenvalue weighted by atomic mass is 9.74. The zero-order valence-electron chi connectivity index (χ0n) is 32.1. The van der Waals surface area contributed by atoms with Crippen molar-refractivity contribution in [2.75, 3.05) is 59.6 Å². The van der Waals surface area contributed by atoms with Crippen LogP contribution in [-0.4, -0.2) is 125 Å². The van der Waals surface area contributed by atoms with Gasteiger partial charge in [-0.25, -0.2) is 9.59 Å². The van der Waals surface area contributed by atoms with E-state index in [-0.39, 0.29) is 24.1 Å². The molecule has 2 aliphatic carbocycles. The number of carbonyl (C=O) groups excluding carboxylic acids is 2. The number of thioether (sulfide) groups is 1. The summed E-state index contributed by atoms with van der Waals surface area (Å²) in [5.41, 5.74) is 8.30. The fraction of sp³-hybridized carbons (Fsp3) is 0.561. The number of likely N-dealkylation sites (tertiary alicyclic amines) is 2. The highest BCUT2D eigenvalue weighted by Gasteiger charge is 2.42. The summed E-state index contributed by atoms with van der Waals surface area (Å²) in [5.74, 6) is 0.945. The van der Waals surface area contributed by atoms with E-state index < -0.39 is 0 Å². The topological polar surface area (TPSA) is 103 Å². The number of urea groups is 2. The predicted molar refractivity (Wildman–Crippen MR) is 214 cm³/mol. The minimum atomic E-state index is 0.0675. The molecule has 4 heterocycles. The maximum Gasteiger partial charge on any atom is 0.317 e. The number of aromatic nitrogens is 2. The number of hydrogen-bond donors (Lipinski definition) is 4. The minimum Gasteiger partial charge on any atom is -0.361 e. The smallest absolute Gasteiger partial charge is 0.317 e. The summed E-state index contributed by atoms with van der Waals surface area (Å²) < 4.78 is 0. The maximum atomic E-state index is 12.6. The largest absolute Gasteiger partial charge is 0.361 e. The summed E-state index contributed by atoms with van der Waals surface area (Å²) in [5, 5.41) is 10.7. The van der Waals surface area contributed by atoms with Crippen molar-refractivity contribution in [3.63, 3.8) is 0 Å². The Balaban J connectivity index is 0.000000162. The first-order chi connectivity index (χ1) is 25.2. The monoisotopic (exact) mass is 726 g/mol. The van der Waals surface area contributed by atoms with Gasteiger partial charge in [0.05, 0.1) is 5.03 Å². The number of fused-ring (bicyclic) bond motifs is 4. The highest BCUT2D eigenvalue weighted by atomic mass is 32.2. The van der Waals surface area contributed by atoms with Gasteiger partial charge in [-0.15, -0.1) is 11.8 Å². The molecule has 52 heavy (non-hydrogen) atoms. The highest BCUT2D eigenvalue weighted by Crippen LogP contribution is 2.46. The third kappa shape index (κ3) is 6.69. The normalized spacial score (nSPS) is 25.1. The molecular formula is C41H58N8O2S. The number of nitrogens with zero attached hydrogens (tertiary/aromatic N) is 4. The van der Waals surface area contributed by atoms with Gasteiger partial charge in [-0.3, -0.25) is 0 Å². The number of amides is 4. The van der Waals surface area contributed by atoms with Crippen molar-refractivity contribution in [2.45, 2.75) is 94.4 Å². The Morgan fingerprint density at radius 2 is 1.29 bits per heavy atom. The van der Waals surface area contributed by atoms with E-state index in [9.17, 15) is 9.59 Å². The molecule has 0 bridgehead atoms. The Morgan fingerprint density at radius 1 is 0.769 bits per heavy atom. The van der Waals surface area contributed by atoms with E-state index in [1.54, 1.807) is 0 Å². The van der Waals surface area contributed by atoms with Gasteiger partial charge in [0.25, 0.3) is 0 Å². The number of H-pyrrole nitrogens is 2. The average Bonchev–Trinajstić information content (AvgIpc) is 3.73. The van der Waals surface area contributed by atoms with Crippen molar-refractivity contribution in [2.24, 2.45) is 0 Å². The SMILES string of the molecule is CCN(CC)C(=O)N[C@@H]1C[C@@H]2c3cccc4[nH]c(SC)c(c34)C[C@H]2N(C)C1.CCN(CC)C(=O)N[C@@H]1C[C@@H]2c3cccc4[nH]cc(c34)C[C@H]2N(C)C1. The molecule has 0 saturated carbocycles. The number of aromatic amines is 2. The molecule has 2 aromatic carbocycles. The second-order valence-corrected chi connectivity index (χ2v) is 16.1. The van der Waals surface area contributed by atoms with Crippen LogP contribution in [0.2, 0.25) is 0 Å². The fourth-order valence-corrected chi connectivity index (χ4v) is 10.5. The van der Waals surface area contributed by atoms with Gasteiger partial charge in [-0.05, 0) is 108 Å². The third-order valence-corrected chi connectivity index (χ3v) is 13.3. The average molecular weight is 727 g/mol. The number of nitrogens with one attached hydrogen (secondary N) is 4. The molecule has 0 unspecified atom stereocenters. The molecule has 4 aromatic rings. The molecular weight excluding hydrogens is 669 g/mol. The molecule has 10 nitrogen and oxygen atoms in total. The fourth-order valence-electron chi connectivity index (χ4n) is 9.87. The van der Waals surface area contributed by atoms with Gasteiger partial charge in [0.2, 0.25) is 0 Å². The van der Waals surface area contributed by atoms with Crippen molar-refractivity contribution in [1.82, 2.24) is 40.2 Å². The summed E-state index contributed by atoms with van der Waals surface area (Å²) in [6, 6.07) is 14.8. The second-order valence-electron chi connectivity index (χ2n) is 15.2. The zero-order chi connectivity index (χ0) is 36.7. The van der Waals surface area contributed by atoms with Gasteiger partial charge in [0.15, 0.2) is 0 Å². The van der Waals surface area contributed by atoms with Crippen LogP contribution < -0.4 is 10.6 Å². The maximum absolute atomic E-state index is 12.6. The Bertz CT molecular complexity index is 1900. The van der Waals surface area contributed by atoms with Gasteiger partial charge >= 0.3 is 12.1 Å². The van der Waals surface area contributed by atoms with E-state index in [0.29, 0.717) is 23.9 Å². The van der Waals surface area contributed by atoms with Crippen LogP contribution >= 0.6 is 11.8 Å². The Kier molecular flexibility index (Phi) is 10.8. The van der Waals surface area contributed by atoms with Crippen molar-refractivity contribution < 1.29 is 9.59 Å². The number of carbonyl (C=O) groups is 2. The molecule has 0 spiro atoms. The molecule has 2 fully saturated rings. The van der Waals surface area contributed by atoms with Crippen molar-refractivity contribution >= 4 is 45.6 Å². The Morgan fingerprint density at radius 3 is 1.83 bits per heavy atom. The third-order valence-electron chi connectivity index (χ3n) is 12.5. The van der Waals surface area contributed by atoms with E-state index in [2.05, 4.69) is 93.3 Å². The van der Waals surface area contributed by atoms with Crippen LogP contribution in [0.1, 0.15) is 74.6 Å².